The third-order valence-corrected chi connectivity index (χ3v) is 5.82. The highest BCUT2D eigenvalue weighted by molar-refractivity contribution is 7.15. The summed E-state index contributed by atoms with van der Waals surface area (Å²) in [6.45, 7) is 0. The highest BCUT2D eigenvalue weighted by atomic mass is 32.1. The molecule has 2 aromatic rings. The number of nitrogens with one attached hydrogen (secondary N) is 1. The first-order valence-corrected chi connectivity index (χ1v) is 9.69. The minimum atomic E-state index is -0.945. The average molecular weight is 387 g/mol. The Morgan fingerprint density at radius 1 is 1.11 bits per heavy atom. The van der Waals surface area contributed by atoms with Crippen LogP contribution in [0.1, 0.15) is 36.0 Å². The molecule has 0 radical (unpaired) electrons. The maximum atomic E-state index is 12.8. The van der Waals surface area contributed by atoms with Gasteiger partial charge in [0.2, 0.25) is 5.91 Å². The number of thiophene rings is 1. The fourth-order valence-corrected chi connectivity index (χ4v) is 4.49. The number of methoxy groups -OCH3 is 1. The molecule has 1 aromatic carbocycles. The molecule has 1 aliphatic carbocycles. The number of benzene rings is 1. The second-order valence-electron chi connectivity index (χ2n) is 6.54. The van der Waals surface area contributed by atoms with Gasteiger partial charge in [-0.25, -0.2) is 4.79 Å². The summed E-state index contributed by atoms with van der Waals surface area (Å²) >= 11 is 1.24. The monoisotopic (exact) mass is 387 g/mol. The number of esters is 1. The van der Waals surface area contributed by atoms with Gasteiger partial charge in [0.15, 0.2) is 0 Å². The van der Waals surface area contributed by atoms with Crippen LogP contribution in [0.15, 0.2) is 35.7 Å². The average Bonchev–Trinajstić information content (AvgIpc) is 3.11. The van der Waals surface area contributed by atoms with E-state index in [4.69, 9.17) is 4.74 Å². The van der Waals surface area contributed by atoms with E-state index in [1.807, 2.05) is 30.3 Å². The fourth-order valence-electron chi connectivity index (χ4n) is 3.53. The van der Waals surface area contributed by atoms with Crippen molar-refractivity contribution in [3.63, 3.8) is 0 Å². The van der Waals surface area contributed by atoms with Crippen molar-refractivity contribution in [2.75, 3.05) is 12.4 Å². The van der Waals surface area contributed by atoms with Gasteiger partial charge in [0.05, 0.1) is 18.9 Å². The summed E-state index contributed by atoms with van der Waals surface area (Å²) in [6, 6.07) is 9.37. The molecule has 1 aromatic heterocycles. The molecule has 2 N–H and O–H groups in total. The van der Waals surface area contributed by atoms with Gasteiger partial charge in [0.25, 0.3) is 0 Å². The molecule has 0 aliphatic heterocycles. The number of anilines is 1. The molecular formula is C20H21NO5S. The van der Waals surface area contributed by atoms with Crippen molar-refractivity contribution < 1.29 is 24.2 Å². The van der Waals surface area contributed by atoms with Gasteiger partial charge in [0, 0.05) is 10.9 Å². The number of carbonyl (C=O) groups is 3. The van der Waals surface area contributed by atoms with Crippen LogP contribution in [-0.2, 0) is 14.3 Å². The Kier molecular flexibility index (Phi) is 5.91. The maximum Gasteiger partial charge on any atom is 0.341 e. The fraction of sp³-hybridized carbons (Fsp3) is 0.350. The molecular weight excluding hydrogens is 366 g/mol. The number of carboxylic acid groups (broad SMARTS) is 1. The number of aliphatic carboxylic acids is 1. The molecule has 142 valence electrons. The highest BCUT2D eigenvalue weighted by Gasteiger charge is 2.36. The van der Waals surface area contributed by atoms with Crippen LogP contribution < -0.4 is 5.32 Å². The minimum absolute atomic E-state index is 0.296. The van der Waals surface area contributed by atoms with E-state index in [2.05, 4.69) is 5.32 Å². The molecule has 7 heteroatoms. The van der Waals surface area contributed by atoms with Crippen molar-refractivity contribution in [2.45, 2.75) is 25.7 Å². The minimum Gasteiger partial charge on any atom is -0.481 e. The van der Waals surface area contributed by atoms with Crippen molar-refractivity contribution in [1.82, 2.24) is 0 Å². The van der Waals surface area contributed by atoms with Gasteiger partial charge in [-0.3, -0.25) is 9.59 Å². The number of carboxylic acids is 1. The van der Waals surface area contributed by atoms with E-state index < -0.39 is 23.8 Å². The number of ether oxygens (including phenoxy) is 1. The number of rotatable bonds is 5. The smallest absolute Gasteiger partial charge is 0.341 e. The second kappa shape index (κ2) is 8.35. The van der Waals surface area contributed by atoms with Crippen molar-refractivity contribution in [3.05, 3.63) is 41.3 Å². The normalized spacial score (nSPS) is 19.3. The Labute approximate surface area is 161 Å². The summed E-state index contributed by atoms with van der Waals surface area (Å²) in [5.74, 6) is -3.12. The molecule has 2 atom stereocenters. The SMILES string of the molecule is COC(=O)c1c(-c2ccccc2)csc1NC(=O)[C@H]1CCCC[C@H]1C(=O)O. The van der Waals surface area contributed by atoms with Crippen LogP contribution in [0.3, 0.4) is 0 Å². The van der Waals surface area contributed by atoms with Crippen LogP contribution in [0.4, 0.5) is 5.00 Å². The van der Waals surface area contributed by atoms with Crippen molar-refractivity contribution in [3.8, 4) is 11.1 Å². The summed E-state index contributed by atoms with van der Waals surface area (Å²) in [4.78, 5) is 36.6. The van der Waals surface area contributed by atoms with E-state index in [0.717, 1.165) is 18.4 Å². The maximum absolute atomic E-state index is 12.8. The largest absolute Gasteiger partial charge is 0.481 e. The van der Waals surface area contributed by atoms with Gasteiger partial charge in [-0.15, -0.1) is 11.3 Å². The standard InChI is InChI=1S/C20H21NO5S/c1-26-20(25)16-15(12-7-3-2-4-8-12)11-27-18(16)21-17(22)13-9-5-6-10-14(13)19(23)24/h2-4,7-8,11,13-14H,5-6,9-10H2,1H3,(H,21,22)(H,23,24)/t13-,14+/m0/s1. The molecule has 27 heavy (non-hydrogen) atoms. The highest BCUT2D eigenvalue weighted by Crippen LogP contribution is 2.38. The Morgan fingerprint density at radius 3 is 2.41 bits per heavy atom. The summed E-state index contributed by atoms with van der Waals surface area (Å²) in [7, 11) is 1.29. The molecule has 3 rings (SSSR count). The lowest BCUT2D eigenvalue weighted by Gasteiger charge is -2.27. The summed E-state index contributed by atoms with van der Waals surface area (Å²) in [5.41, 5.74) is 1.82. The predicted octanol–water partition coefficient (Wildman–Crippen LogP) is 4.03. The molecule has 1 saturated carbocycles. The van der Waals surface area contributed by atoms with Crippen LogP contribution >= 0.6 is 11.3 Å². The first kappa shape index (κ1) is 19.1. The van der Waals surface area contributed by atoms with Gasteiger partial charge in [-0.2, -0.15) is 0 Å². The number of carbonyl (C=O) groups excluding carboxylic acids is 2. The van der Waals surface area contributed by atoms with Gasteiger partial charge < -0.3 is 15.2 Å². The first-order chi connectivity index (χ1) is 13.0. The Hall–Kier alpha value is -2.67. The zero-order valence-corrected chi connectivity index (χ0v) is 15.8. The lowest BCUT2D eigenvalue weighted by molar-refractivity contribution is -0.147. The first-order valence-electron chi connectivity index (χ1n) is 8.81. The molecule has 0 bridgehead atoms. The topological polar surface area (TPSA) is 92.7 Å². The molecule has 0 unspecified atom stereocenters. The molecule has 1 aliphatic rings. The zero-order valence-electron chi connectivity index (χ0n) is 14.9. The van der Waals surface area contributed by atoms with E-state index in [9.17, 15) is 19.5 Å². The van der Waals surface area contributed by atoms with E-state index in [1.54, 1.807) is 5.38 Å². The van der Waals surface area contributed by atoms with Gasteiger partial charge in [0.1, 0.15) is 10.6 Å². The van der Waals surface area contributed by atoms with E-state index in [0.29, 0.717) is 29.0 Å². The third kappa shape index (κ3) is 4.03. The summed E-state index contributed by atoms with van der Waals surface area (Å²) in [6.07, 6.45) is 2.67. The summed E-state index contributed by atoms with van der Waals surface area (Å²) < 4.78 is 4.91. The van der Waals surface area contributed by atoms with Gasteiger partial charge in [-0.1, -0.05) is 43.2 Å². The van der Waals surface area contributed by atoms with Crippen LogP contribution in [0.2, 0.25) is 0 Å². The number of amides is 1. The van der Waals surface area contributed by atoms with E-state index in [-0.39, 0.29) is 5.91 Å². The van der Waals surface area contributed by atoms with Crippen molar-refractivity contribution >= 4 is 34.2 Å². The molecule has 0 spiro atoms. The van der Waals surface area contributed by atoms with E-state index in [1.165, 1.54) is 18.4 Å². The predicted molar refractivity (Wildman–Crippen MR) is 103 cm³/mol. The number of hydrogen-bond donors (Lipinski definition) is 2. The van der Waals surface area contributed by atoms with Crippen LogP contribution in [0.25, 0.3) is 11.1 Å². The van der Waals surface area contributed by atoms with Gasteiger partial charge in [-0.05, 0) is 18.4 Å². The lowest BCUT2D eigenvalue weighted by atomic mass is 9.79. The van der Waals surface area contributed by atoms with E-state index >= 15 is 0 Å². The zero-order chi connectivity index (χ0) is 19.4. The molecule has 6 nitrogen and oxygen atoms in total. The van der Waals surface area contributed by atoms with Crippen LogP contribution in [0.5, 0.6) is 0 Å². The second-order valence-corrected chi connectivity index (χ2v) is 7.42. The summed E-state index contributed by atoms with van der Waals surface area (Å²) in [5, 5.41) is 14.4. The molecule has 1 fully saturated rings. The Morgan fingerprint density at radius 2 is 1.78 bits per heavy atom. The number of hydrogen-bond acceptors (Lipinski definition) is 5. The van der Waals surface area contributed by atoms with Crippen LogP contribution in [-0.4, -0.2) is 30.1 Å². The molecule has 0 saturated heterocycles. The Balaban J connectivity index is 1.90. The van der Waals surface area contributed by atoms with Gasteiger partial charge >= 0.3 is 11.9 Å². The van der Waals surface area contributed by atoms with Crippen LogP contribution in [0, 0.1) is 11.8 Å². The molecule has 1 heterocycles. The quantitative estimate of drug-likeness (QED) is 0.756. The third-order valence-electron chi connectivity index (χ3n) is 4.92. The Bertz CT molecular complexity index is 845. The van der Waals surface area contributed by atoms with Crippen molar-refractivity contribution in [1.29, 1.82) is 0 Å². The van der Waals surface area contributed by atoms with Crippen molar-refractivity contribution in [2.24, 2.45) is 11.8 Å². The molecule has 1 amide bonds. The lowest BCUT2D eigenvalue weighted by Crippen LogP contribution is -2.36.